The van der Waals surface area contributed by atoms with Crippen molar-refractivity contribution >= 4 is 44.4 Å². The Bertz CT molecular complexity index is 392. The van der Waals surface area contributed by atoms with Crippen LogP contribution in [-0.2, 0) is 0 Å². The van der Waals surface area contributed by atoms with E-state index >= 15 is 0 Å². The molecule has 1 amide bonds. The molecule has 0 atom stereocenters. The fourth-order valence-corrected chi connectivity index (χ4v) is 1.56. The van der Waals surface area contributed by atoms with E-state index in [2.05, 4.69) is 62.7 Å². The van der Waals surface area contributed by atoms with Gasteiger partial charge in [-0.25, -0.2) is 0 Å². The first-order chi connectivity index (χ1) is 8.49. The smallest absolute Gasteiger partial charge is 0.252 e. The van der Waals surface area contributed by atoms with E-state index in [4.69, 9.17) is 0 Å². The molecule has 1 aliphatic rings. The highest BCUT2D eigenvalue weighted by molar-refractivity contribution is 14.1. The number of nitrogens with one attached hydrogen (secondary N) is 1. The number of alkyl halides is 1. The summed E-state index contributed by atoms with van der Waals surface area (Å²) in [6, 6.07) is 1.77. The molecule has 0 spiro atoms. The van der Waals surface area contributed by atoms with Gasteiger partial charge in [0, 0.05) is 27.3 Å². The number of carbonyl (C=O) groups is 1. The molecule has 0 unspecified atom stereocenters. The topological polar surface area (TPSA) is 42.0 Å². The Morgan fingerprint density at radius 3 is 2.67 bits per heavy atom. The van der Waals surface area contributed by atoms with Crippen molar-refractivity contribution in [1.82, 2.24) is 10.3 Å². The average molecular weight is 425 g/mol. The molecule has 5 heteroatoms. The number of hydrogen-bond donors (Lipinski definition) is 1. The van der Waals surface area contributed by atoms with E-state index < -0.39 is 0 Å². The summed E-state index contributed by atoms with van der Waals surface area (Å²) in [5.41, 5.74) is 0.611. The lowest BCUT2D eigenvalue weighted by Gasteiger charge is -2.03. The summed E-state index contributed by atoms with van der Waals surface area (Å²) in [4.78, 5) is 15.5. The molecule has 1 N–H and O–H groups in total. The summed E-state index contributed by atoms with van der Waals surface area (Å²) < 4.78 is 1.63. The van der Waals surface area contributed by atoms with Crippen LogP contribution in [0.15, 0.2) is 22.9 Å². The summed E-state index contributed by atoms with van der Waals surface area (Å²) in [6.45, 7) is 5.10. The Hall–Kier alpha value is -0.170. The van der Waals surface area contributed by atoms with Gasteiger partial charge in [-0.05, 0) is 40.8 Å². The maximum absolute atomic E-state index is 11.6. The second kappa shape index (κ2) is 8.09. The molecule has 3 nitrogen and oxygen atoms in total. The number of amides is 1. The minimum atomic E-state index is -0.0364. The number of pyridine rings is 1. The van der Waals surface area contributed by atoms with Crippen LogP contribution >= 0.6 is 38.5 Å². The van der Waals surface area contributed by atoms with Gasteiger partial charge >= 0.3 is 0 Å². The van der Waals surface area contributed by atoms with Crippen LogP contribution in [0.1, 0.15) is 37.0 Å². The number of hydrogen-bond acceptors (Lipinski definition) is 2. The fraction of sp³-hybridized carbons (Fsp3) is 0.538. The summed E-state index contributed by atoms with van der Waals surface area (Å²) in [6.07, 6.45) is 5.73. The van der Waals surface area contributed by atoms with Crippen molar-refractivity contribution in [2.24, 2.45) is 5.92 Å². The van der Waals surface area contributed by atoms with Gasteiger partial charge < -0.3 is 5.32 Å². The van der Waals surface area contributed by atoms with Crippen LogP contribution in [0.25, 0.3) is 0 Å². The van der Waals surface area contributed by atoms with Gasteiger partial charge in [0.2, 0.25) is 0 Å². The van der Waals surface area contributed by atoms with Crippen LogP contribution in [0.2, 0.25) is 0 Å². The first-order valence-electron chi connectivity index (χ1n) is 6.02. The second-order valence-corrected chi connectivity index (χ2v) is 7.97. The molecule has 18 heavy (non-hydrogen) atoms. The van der Waals surface area contributed by atoms with E-state index in [1.165, 1.54) is 12.8 Å². The summed E-state index contributed by atoms with van der Waals surface area (Å²) in [5.74, 6) is 0.671. The highest BCUT2D eigenvalue weighted by Crippen LogP contribution is 2.27. The van der Waals surface area contributed by atoms with Crippen molar-refractivity contribution in [3.8, 4) is 0 Å². The van der Waals surface area contributed by atoms with Crippen molar-refractivity contribution in [1.29, 1.82) is 0 Å². The second-order valence-electron chi connectivity index (χ2n) is 4.56. The van der Waals surface area contributed by atoms with E-state index in [-0.39, 0.29) is 5.91 Å². The summed E-state index contributed by atoms with van der Waals surface area (Å²) in [7, 11) is 0. The van der Waals surface area contributed by atoms with E-state index in [0.717, 1.165) is 14.9 Å². The van der Waals surface area contributed by atoms with Gasteiger partial charge in [0.1, 0.15) is 0 Å². The van der Waals surface area contributed by atoms with Gasteiger partial charge in [-0.1, -0.05) is 36.4 Å². The SMILES string of the molecule is CC(C)I.O=C(NCC1CC1)c1cncc(Br)c1. The van der Waals surface area contributed by atoms with Gasteiger partial charge in [0.15, 0.2) is 0 Å². The van der Waals surface area contributed by atoms with Crippen LogP contribution in [-0.4, -0.2) is 21.4 Å². The van der Waals surface area contributed by atoms with E-state index in [0.29, 0.717) is 11.5 Å². The molecule has 0 aliphatic heterocycles. The van der Waals surface area contributed by atoms with Crippen molar-refractivity contribution in [3.63, 3.8) is 0 Å². The third kappa shape index (κ3) is 7.31. The minimum absolute atomic E-state index is 0.0364. The zero-order valence-corrected chi connectivity index (χ0v) is 14.4. The van der Waals surface area contributed by atoms with Crippen molar-refractivity contribution in [2.45, 2.75) is 30.6 Å². The van der Waals surface area contributed by atoms with Crippen molar-refractivity contribution in [3.05, 3.63) is 28.5 Å². The van der Waals surface area contributed by atoms with Gasteiger partial charge in [0.25, 0.3) is 5.91 Å². The van der Waals surface area contributed by atoms with E-state index in [1.54, 1.807) is 18.5 Å². The van der Waals surface area contributed by atoms with Crippen LogP contribution in [0, 0.1) is 5.92 Å². The quantitative estimate of drug-likeness (QED) is 0.592. The zero-order chi connectivity index (χ0) is 13.5. The molecule has 1 aliphatic carbocycles. The Kier molecular flexibility index (Phi) is 7.14. The third-order valence-electron chi connectivity index (χ3n) is 2.22. The van der Waals surface area contributed by atoms with Gasteiger partial charge in [0.05, 0.1) is 5.56 Å². The molecule has 1 saturated carbocycles. The lowest BCUT2D eigenvalue weighted by Crippen LogP contribution is -2.25. The lowest BCUT2D eigenvalue weighted by molar-refractivity contribution is 0.0951. The van der Waals surface area contributed by atoms with Crippen LogP contribution in [0.5, 0.6) is 0 Å². The molecule has 0 bridgehead atoms. The summed E-state index contributed by atoms with van der Waals surface area (Å²) >= 11 is 5.62. The Morgan fingerprint density at radius 2 is 2.17 bits per heavy atom. The first-order valence-corrected chi connectivity index (χ1v) is 8.05. The normalized spacial score (nSPS) is 13.8. The molecule has 1 heterocycles. The maximum atomic E-state index is 11.6. The Balaban J connectivity index is 0.000000357. The number of halogens is 2. The molecule has 1 aromatic rings. The molecular formula is C13H18BrIN2O. The first kappa shape index (κ1) is 15.9. The number of carbonyl (C=O) groups excluding carboxylic acids is 1. The highest BCUT2D eigenvalue weighted by atomic mass is 127. The van der Waals surface area contributed by atoms with E-state index in [1.807, 2.05) is 0 Å². The lowest BCUT2D eigenvalue weighted by atomic mass is 10.2. The molecule has 1 fully saturated rings. The molecule has 100 valence electrons. The van der Waals surface area contributed by atoms with Crippen LogP contribution in [0.3, 0.4) is 0 Å². The average Bonchev–Trinajstić information content (AvgIpc) is 3.09. The maximum Gasteiger partial charge on any atom is 0.252 e. The molecule has 1 aromatic heterocycles. The number of aromatic nitrogens is 1. The third-order valence-corrected chi connectivity index (χ3v) is 2.65. The molecule has 2 rings (SSSR count). The monoisotopic (exact) mass is 424 g/mol. The fourth-order valence-electron chi connectivity index (χ4n) is 1.20. The minimum Gasteiger partial charge on any atom is -0.352 e. The van der Waals surface area contributed by atoms with Gasteiger partial charge in [-0.3, -0.25) is 9.78 Å². The predicted molar refractivity (Wildman–Crippen MR) is 86.2 cm³/mol. The largest absolute Gasteiger partial charge is 0.352 e. The van der Waals surface area contributed by atoms with Gasteiger partial charge in [-0.15, -0.1) is 0 Å². The van der Waals surface area contributed by atoms with Crippen LogP contribution in [0.4, 0.5) is 0 Å². The number of nitrogens with zero attached hydrogens (tertiary/aromatic N) is 1. The Morgan fingerprint density at radius 1 is 1.56 bits per heavy atom. The molecule has 0 saturated heterocycles. The van der Waals surface area contributed by atoms with Crippen molar-refractivity contribution < 1.29 is 4.79 Å². The van der Waals surface area contributed by atoms with Crippen LogP contribution < -0.4 is 5.32 Å². The molecule has 0 aromatic carbocycles. The zero-order valence-electron chi connectivity index (χ0n) is 10.6. The molecule has 0 radical (unpaired) electrons. The predicted octanol–water partition coefficient (Wildman–Crippen LogP) is 3.81. The van der Waals surface area contributed by atoms with Gasteiger partial charge in [-0.2, -0.15) is 0 Å². The standard InChI is InChI=1S/C10H11BrN2O.C3H7I/c11-9-3-8(5-12-6-9)10(14)13-4-7-1-2-7;1-3(2)4/h3,5-7H,1-2,4H2,(H,13,14);3H,1-2H3. The number of rotatable bonds is 3. The molecular weight excluding hydrogens is 407 g/mol. The summed E-state index contributed by atoms with van der Waals surface area (Å²) in [5, 5.41) is 2.89. The van der Waals surface area contributed by atoms with Crippen molar-refractivity contribution in [2.75, 3.05) is 6.54 Å². The highest BCUT2D eigenvalue weighted by Gasteiger charge is 2.21. The van der Waals surface area contributed by atoms with E-state index in [9.17, 15) is 4.79 Å². The Labute approximate surface area is 130 Å².